The Bertz CT molecular complexity index is 577. The van der Waals surface area contributed by atoms with Gasteiger partial charge in [0.05, 0.1) is 16.9 Å². The predicted molar refractivity (Wildman–Crippen MR) is 58.4 cm³/mol. The number of fused-ring (bicyclic) bond motifs is 1. The Morgan fingerprint density at radius 2 is 2.27 bits per heavy atom. The molecule has 5 heteroatoms. The zero-order chi connectivity index (χ0) is 11.0. The van der Waals surface area contributed by atoms with Crippen LogP contribution >= 0.6 is 11.6 Å². The first-order chi connectivity index (χ1) is 7.13. The summed E-state index contributed by atoms with van der Waals surface area (Å²) in [5.41, 5.74) is 1.35. The van der Waals surface area contributed by atoms with Crippen molar-refractivity contribution < 1.29 is 0 Å². The minimum absolute atomic E-state index is 0.0880. The van der Waals surface area contributed by atoms with Gasteiger partial charge in [-0.15, -0.1) is 0 Å². The molecule has 0 fully saturated rings. The minimum atomic E-state index is -0.0880. The lowest BCUT2D eigenvalue weighted by Crippen LogP contribution is -2.21. The Hall–Kier alpha value is -1.42. The Kier molecular flexibility index (Phi) is 2.44. The van der Waals surface area contributed by atoms with Crippen molar-refractivity contribution in [2.75, 3.05) is 0 Å². The zero-order valence-electron chi connectivity index (χ0n) is 8.49. The van der Waals surface area contributed by atoms with Crippen molar-refractivity contribution in [2.24, 2.45) is 0 Å². The smallest absolute Gasteiger partial charge is 0.262 e. The van der Waals surface area contributed by atoms with Crippen LogP contribution in [-0.4, -0.2) is 14.4 Å². The third-order valence-corrected chi connectivity index (χ3v) is 2.50. The Balaban J connectivity index is 2.92. The molecule has 0 aliphatic carbocycles. The van der Waals surface area contributed by atoms with Crippen molar-refractivity contribution in [3.63, 3.8) is 0 Å². The summed E-state index contributed by atoms with van der Waals surface area (Å²) in [6.07, 6.45) is 3.68. The molecule has 0 unspecified atom stereocenters. The SMILES string of the molecule is CCc1c(C)nc2ncc(Cl)cn2c1=O. The van der Waals surface area contributed by atoms with E-state index >= 15 is 0 Å². The lowest BCUT2D eigenvalue weighted by atomic mass is 10.2. The Morgan fingerprint density at radius 3 is 2.93 bits per heavy atom. The third-order valence-electron chi connectivity index (χ3n) is 2.31. The minimum Gasteiger partial charge on any atom is -0.269 e. The van der Waals surface area contributed by atoms with Gasteiger partial charge in [0.2, 0.25) is 5.78 Å². The number of hydrogen-bond donors (Lipinski definition) is 0. The zero-order valence-corrected chi connectivity index (χ0v) is 9.25. The van der Waals surface area contributed by atoms with Crippen LogP contribution in [0.1, 0.15) is 18.2 Å². The van der Waals surface area contributed by atoms with E-state index in [-0.39, 0.29) is 5.56 Å². The first-order valence-electron chi connectivity index (χ1n) is 4.67. The largest absolute Gasteiger partial charge is 0.269 e. The third kappa shape index (κ3) is 1.61. The van der Waals surface area contributed by atoms with Crippen molar-refractivity contribution in [3.8, 4) is 0 Å². The van der Waals surface area contributed by atoms with Crippen LogP contribution in [-0.2, 0) is 6.42 Å². The fourth-order valence-electron chi connectivity index (χ4n) is 1.55. The lowest BCUT2D eigenvalue weighted by molar-refractivity contribution is 0.912. The second-order valence-corrected chi connectivity index (χ2v) is 3.71. The summed E-state index contributed by atoms with van der Waals surface area (Å²) in [5, 5.41) is 0.428. The lowest BCUT2D eigenvalue weighted by Gasteiger charge is -2.04. The van der Waals surface area contributed by atoms with Gasteiger partial charge < -0.3 is 0 Å². The highest BCUT2D eigenvalue weighted by atomic mass is 35.5. The number of aromatic nitrogens is 3. The number of halogens is 1. The molecule has 0 spiro atoms. The fraction of sp³-hybridized carbons (Fsp3) is 0.300. The van der Waals surface area contributed by atoms with E-state index in [1.54, 1.807) is 0 Å². The number of rotatable bonds is 1. The molecule has 0 radical (unpaired) electrons. The first kappa shape index (κ1) is 10.1. The highest BCUT2D eigenvalue weighted by molar-refractivity contribution is 6.30. The molecule has 0 aliphatic heterocycles. The van der Waals surface area contributed by atoms with Gasteiger partial charge in [-0.1, -0.05) is 18.5 Å². The number of hydrogen-bond acceptors (Lipinski definition) is 3. The van der Waals surface area contributed by atoms with Crippen LogP contribution in [0.25, 0.3) is 5.78 Å². The van der Waals surface area contributed by atoms with Crippen LogP contribution < -0.4 is 5.56 Å². The van der Waals surface area contributed by atoms with Gasteiger partial charge in [0.15, 0.2) is 0 Å². The molecule has 2 aromatic rings. The molecule has 0 bridgehead atoms. The molecule has 0 N–H and O–H groups in total. The maximum Gasteiger partial charge on any atom is 0.262 e. The average molecular weight is 224 g/mol. The molecule has 0 atom stereocenters. The first-order valence-corrected chi connectivity index (χ1v) is 5.04. The van der Waals surface area contributed by atoms with Crippen molar-refractivity contribution >= 4 is 17.4 Å². The van der Waals surface area contributed by atoms with Gasteiger partial charge in [0.1, 0.15) is 0 Å². The van der Waals surface area contributed by atoms with Crippen molar-refractivity contribution in [1.29, 1.82) is 0 Å². The molecular weight excluding hydrogens is 214 g/mol. The van der Waals surface area contributed by atoms with E-state index in [4.69, 9.17) is 11.6 Å². The van der Waals surface area contributed by atoms with Crippen molar-refractivity contribution in [1.82, 2.24) is 14.4 Å². The molecule has 4 nitrogen and oxygen atoms in total. The summed E-state index contributed by atoms with van der Waals surface area (Å²) in [4.78, 5) is 20.2. The molecule has 15 heavy (non-hydrogen) atoms. The fourth-order valence-corrected chi connectivity index (χ4v) is 1.70. The van der Waals surface area contributed by atoms with Gasteiger partial charge in [-0.05, 0) is 13.3 Å². The summed E-state index contributed by atoms with van der Waals surface area (Å²) in [5.74, 6) is 0.388. The van der Waals surface area contributed by atoms with E-state index in [9.17, 15) is 4.79 Å². The summed E-state index contributed by atoms with van der Waals surface area (Å²) < 4.78 is 1.38. The summed E-state index contributed by atoms with van der Waals surface area (Å²) in [6.45, 7) is 3.74. The molecule has 0 aromatic carbocycles. The normalized spacial score (nSPS) is 10.9. The van der Waals surface area contributed by atoms with Crippen LogP contribution in [0, 0.1) is 6.92 Å². The van der Waals surface area contributed by atoms with Crippen molar-refractivity contribution in [2.45, 2.75) is 20.3 Å². The Morgan fingerprint density at radius 1 is 1.53 bits per heavy atom. The predicted octanol–water partition coefficient (Wildman–Crippen LogP) is 1.61. The van der Waals surface area contributed by atoms with Crippen LogP contribution in [0.5, 0.6) is 0 Å². The molecule has 0 saturated heterocycles. The molecule has 2 aromatic heterocycles. The molecule has 0 saturated carbocycles. The van der Waals surface area contributed by atoms with Crippen molar-refractivity contribution in [3.05, 3.63) is 39.0 Å². The number of aryl methyl sites for hydroxylation is 1. The van der Waals surface area contributed by atoms with Crippen LogP contribution in [0.3, 0.4) is 0 Å². The molecule has 2 heterocycles. The van der Waals surface area contributed by atoms with Gasteiger partial charge in [-0.2, -0.15) is 0 Å². The molecule has 0 amide bonds. The molecule has 2 rings (SSSR count). The molecular formula is C10H10ClN3O. The monoisotopic (exact) mass is 223 g/mol. The van der Waals surface area contributed by atoms with E-state index in [0.29, 0.717) is 22.8 Å². The van der Waals surface area contributed by atoms with E-state index in [1.807, 2.05) is 13.8 Å². The summed E-state index contributed by atoms with van der Waals surface area (Å²) in [7, 11) is 0. The quantitative estimate of drug-likeness (QED) is 0.738. The maximum absolute atomic E-state index is 12.0. The van der Waals surface area contributed by atoms with Gasteiger partial charge in [-0.25, -0.2) is 9.97 Å². The highest BCUT2D eigenvalue weighted by Crippen LogP contribution is 2.07. The molecule has 78 valence electrons. The molecule has 0 aliphatic rings. The van der Waals surface area contributed by atoms with Gasteiger partial charge in [0, 0.05) is 11.8 Å². The average Bonchev–Trinajstić information content (AvgIpc) is 2.20. The second-order valence-electron chi connectivity index (χ2n) is 3.28. The number of nitrogens with zero attached hydrogens (tertiary/aromatic N) is 3. The van der Waals surface area contributed by atoms with E-state index in [1.165, 1.54) is 16.8 Å². The van der Waals surface area contributed by atoms with Crippen LogP contribution in [0.4, 0.5) is 0 Å². The second kappa shape index (κ2) is 3.62. The van der Waals surface area contributed by atoms with E-state index in [0.717, 1.165) is 5.69 Å². The van der Waals surface area contributed by atoms with Crippen LogP contribution in [0.15, 0.2) is 17.2 Å². The summed E-state index contributed by atoms with van der Waals surface area (Å²) >= 11 is 5.78. The topological polar surface area (TPSA) is 47.3 Å². The highest BCUT2D eigenvalue weighted by Gasteiger charge is 2.08. The van der Waals surface area contributed by atoms with Gasteiger partial charge in [-0.3, -0.25) is 9.20 Å². The van der Waals surface area contributed by atoms with E-state index < -0.39 is 0 Å². The van der Waals surface area contributed by atoms with Crippen LogP contribution in [0.2, 0.25) is 5.02 Å². The van der Waals surface area contributed by atoms with E-state index in [2.05, 4.69) is 9.97 Å². The van der Waals surface area contributed by atoms with Gasteiger partial charge >= 0.3 is 0 Å². The van der Waals surface area contributed by atoms with Gasteiger partial charge in [0.25, 0.3) is 5.56 Å². The standard InChI is InChI=1S/C10H10ClN3O/c1-3-8-6(2)13-10-12-4-7(11)5-14(10)9(8)15/h4-5H,3H2,1-2H3. The maximum atomic E-state index is 12.0. The Labute approximate surface area is 91.6 Å². The summed E-state index contributed by atoms with van der Waals surface area (Å²) in [6, 6.07) is 0.